The molecule has 0 bridgehead atoms. The number of rotatable bonds is 24. The number of carbonyl (C=O) groups is 3. The van der Waals surface area contributed by atoms with Crippen molar-refractivity contribution in [3.8, 4) is 22.6 Å². The standard InChI is InChI=1S/C31H39NO8.C13H18N4O3/c1-2-13-36-14-15-37-16-17-38-18-19-39-20-21-40-30-12-11-26(27-5-3-4-6-28(27)30)24-7-9-25(10-8-24)29(32-23-33)22-31(34)35;1-2-14-12(20)8-3-9(5-10(18)4-8)17-13-15-6-11(19)7-16-13/h3-12,23,29H,2,13-22H2,1H3,(H,32,33)(H,34,35);3-5,11,18-19H,2,6-7H2,1H3,(H,14,20)(H2,15,16,17). The number of ether oxygens (including phenoxy) is 5. The maximum absolute atomic E-state index is 11.8. The normalized spacial score (nSPS) is 13.8. The SMILES string of the molecule is CCCOCCOCCOCCOCCOc1ccc(-c2ccc(C(CC(=O)O)NC=O)cc2)c2ccccc12.CCNC(=O)c1cc(O)cc(NC2=NCC(O)CN2)c1. The van der Waals surface area contributed by atoms with Crippen LogP contribution in [0.4, 0.5) is 5.69 Å². The van der Waals surface area contributed by atoms with E-state index in [1.54, 1.807) is 6.07 Å². The van der Waals surface area contributed by atoms with Gasteiger partial charge < -0.3 is 60.3 Å². The molecule has 0 radical (unpaired) electrons. The number of hydrogen-bond donors (Lipinski definition) is 7. The predicted octanol–water partition coefficient (Wildman–Crippen LogP) is 4.50. The lowest BCUT2D eigenvalue weighted by Crippen LogP contribution is -2.42. The van der Waals surface area contributed by atoms with Gasteiger partial charge in [0, 0.05) is 42.4 Å². The summed E-state index contributed by atoms with van der Waals surface area (Å²) >= 11 is 0. The van der Waals surface area contributed by atoms with E-state index in [1.807, 2.05) is 67.6 Å². The summed E-state index contributed by atoms with van der Waals surface area (Å²) in [5.41, 5.74) is 3.65. The minimum Gasteiger partial charge on any atom is -0.508 e. The Morgan fingerprint density at radius 1 is 0.850 bits per heavy atom. The van der Waals surface area contributed by atoms with Crippen LogP contribution in [0.1, 0.15) is 48.7 Å². The summed E-state index contributed by atoms with van der Waals surface area (Å²) in [4.78, 5) is 37.9. The molecule has 0 fully saturated rings. The fraction of sp³-hybridized carbons (Fsp3) is 0.409. The molecule has 0 aliphatic carbocycles. The van der Waals surface area contributed by atoms with Crippen LogP contribution < -0.4 is 26.0 Å². The zero-order chi connectivity index (χ0) is 43.0. The highest BCUT2D eigenvalue weighted by molar-refractivity contribution is 6.00. The Hall–Kier alpha value is -5.78. The third kappa shape index (κ3) is 16.1. The maximum Gasteiger partial charge on any atom is 0.305 e. The van der Waals surface area contributed by atoms with Crippen LogP contribution >= 0.6 is 0 Å². The van der Waals surface area contributed by atoms with Gasteiger partial charge in [-0.25, -0.2) is 0 Å². The summed E-state index contributed by atoms with van der Waals surface area (Å²) in [6.07, 6.45) is 0.858. The number of carboxylic acids is 1. The fourth-order valence-corrected chi connectivity index (χ4v) is 6.02. The highest BCUT2D eigenvalue weighted by Crippen LogP contribution is 2.35. The molecule has 1 aliphatic heterocycles. The quantitative estimate of drug-likeness (QED) is 0.0383. The highest BCUT2D eigenvalue weighted by atomic mass is 16.6. The van der Waals surface area contributed by atoms with Gasteiger partial charge in [0.2, 0.25) is 6.41 Å². The summed E-state index contributed by atoms with van der Waals surface area (Å²) in [6, 6.07) is 23.5. The monoisotopic (exact) mass is 831 g/mol. The van der Waals surface area contributed by atoms with E-state index in [0.29, 0.717) is 96.1 Å². The van der Waals surface area contributed by atoms with Crippen molar-refractivity contribution in [2.24, 2.45) is 4.99 Å². The zero-order valence-corrected chi connectivity index (χ0v) is 34.2. The zero-order valence-electron chi connectivity index (χ0n) is 34.2. The number of anilines is 1. The molecule has 2 unspecified atom stereocenters. The second-order valence-corrected chi connectivity index (χ2v) is 13.5. The first-order valence-corrected chi connectivity index (χ1v) is 20.0. The van der Waals surface area contributed by atoms with Gasteiger partial charge in [-0.1, -0.05) is 61.5 Å². The van der Waals surface area contributed by atoms with Crippen LogP contribution in [0.3, 0.4) is 0 Å². The molecule has 1 aliphatic rings. The van der Waals surface area contributed by atoms with E-state index < -0.39 is 18.1 Å². The van der Waals surface area contributed by atoms with E-state index in [2.05, 4.69) is 33.2 Å². The molecule has 16 nitrogen and oxygen atoms in total. The van der Waals surface area contributed by atoms with E-state index in [-0.39, 0.29) is 18.1 Å². The molecule has 0 saturated carbocycles. The third-order valence-corrected chi connectivity index (χ3v) is 8.85. The molecule has 2 atom stereocenters. The van der Waals surface area contributed by atoms with Crippen molar-refractivity contribution >= 4 is 40.7 Å². The number of nitrogens with one attached hydrogen (secondary N) is 4. The number of aliphatic carboxylic acids is 1. The Morgan fingerprint density at radius 3 is 2.10 bits per heavy atom. The Balaban J connectivity index is 0.000000331. The molecule has 0 saturated heterocycles. The van der Waals surface area contributed by atoms with Crippen molar-refractivity contribution in [3.63, 3.8) is 0 Å². The van der Waals surface area contributed by atoms with Crippen molar-refractivity contribution in [2.75, 3.05) is 84.4 Å². The number of benzene rings is 4. The van der Waals surface area contributed by atoms with Crippen LogP contribution in [0.5, 0.6) is 11.5 Å². The van der Waals surface area contributed by atoms with Gasteiger partial charge in [0.1, 0.15) is 18.1 Å². The topological polar surface area (TPSA) is 219 Å². The van der Waals surface area contributed by atoms with Gasteiger partial charge in [0.05, 0.1) is 71.4 Å². The third-order valence-electron chi connectivity index (χ3n) is 8.85. The fourth-order valence-electron chi connectivity index (χ4n) is 6.02. The van der Waals surface area contributed by atoms with Crippen molar-refractivity contribution in [1.29, 1.82) is 0 Å². The lowest BCUT2D eigenvalue weighted by molar-refractivity contribution is -0.137. The van der Waals surface area contributed by atoms with Crippen LogP contribution in [0.15, 0.2) is 83.9 Å². The molecule has 0 aromatic heterocycles. The molecule has 4 aromatic carbocycles. The van der Waals surface area contributed by atoms with Crippen molar-refractivity contribution < 1.29 is 53.4 Å². The number of amides is 2. The van der Waals surface area contributed by atoms with E-state index in [4.69, 9.17) is 28.8 Å². The van der Waals surface area contributed by atoms with Crippen molar-refractivity contribution in [1.82, 2.24) is 16.0 Å². The Labute approximate surface area is 350 Å². The number of aromatic hydroxyl groups is 1. The summed E-state index contributed by atoms with van der Waals surface area (Å²) in [5, 5.41) is 41.3. The lowest BCUT2D eigenvalue weighted by atomic mass is 9.95. The summed E-state index contributed by atoms with van der Waals surface area (Å²) in [6.45, 7) is 9.98. The number of β-amino-alcohol motifs (C(OH)–C–C–N with tert-alkyl or cyclic N) is 1. The first-order chi connectivity index (χ1) is 29.2. The molecule has 2 amide bonds. The second kappa shape index (κ2) is 26.3. The molecule has 5 rings (SSSR count). The number of nitrogens with zero attached hydrogens (tertiary/aromatic N) is 1. The van der Waals surface area contributed by atoms with Gasteiger partial charge in [-0.2, -0.15) is 0 Å². The number of phenols is 1. The van der Waals surface area contributed by atoms with Crippen LogP contribution in [0.25, 0.3) is 21.9 Å². The smallest absolute Gasteiger partial charge is 0.305 e. The van der Waals surface area contributed by atoms with Crippen LogP contribution in [-0.4, -0.2) is 125 Å². The van der Waals surface area contributed by atoms with Gasteiger partial charge in [-0.3, -0.25) is 19.4 Å². The number of carboxylic acid groups (broad SMARTS) is 1. The lowest BCUT2D eigenvalue weighted by Gasteiger charge is -2.20. The number of aliphatic hydroxyl groups excluding tert-OH is 1. The number of guanidine groups is 1. The predicted molar refractivity (Wildman–Crippen MR) is 229 cm³/mol. The van der Waals surface area contributed by atoms with Gasteiger partial charge in [-0.05, 0) is 53.6 Å². The van der Waals surface area contributed by atoms with Gasteiger partial charge >= 0.3 is 5.97 Å². The second-order valence-electron chi connectivity index (χ2n) is 13.5. The van der Waals surface area contributed by atoms with Crippen LogP contribution in [-0.2, 0) is 28.5 Å². The molecule has 60 heavy (non-hydrogen) atoms. The average molecular weight is 832 g/mol. The molecule has 1 heterocycles. The van der Waals surface area contributed by atoms with Crippen LogP contribution in [0, 0.1) is 0 Å². The summed E-state index contributed by atoms with van der Waals surface area (Å²) < 4.78 is 28.0. The molecule has 4 aromatic rings. The summed E-state index contributed by atoms with van der Waals surface area (Å²) in [7, 11) is 0. The largest absolute Gasteiger partial charge is 0.508 e. The molecule has 0 spiro atoms. The summed E-state index contributed by atoms with van der Waals surface area (Å²) in [5.74, 6) is 0.0392. The van der Waals surface area contributed by atoms with Crippen LogP contribution in [0.2, 0.25) is 0 Å². The highest BCUT2D eigenvalue weighted by Gasteiger charge is 2.16. The number of carbonyl (C=O) groups excluding carboxylic acids is 2. The molecule has 324 valence electrons. The van der Waals surface area contributed by atoms with E-state index >= 15 is 0 Å². The number of phenolic OH excluding ortho intramolecular Hbond substituents is 1. The van der Waals surface area contributed by atoms with E-state index in [0.717, 1.165) is 46.2 Å². The molecule has 7 N–H and O–H groups in total. The van der Waals surface area contributed by atoms with Gasteiger partial charge in [-0.15, -0.1) is 0 Å². The number of aliphatic imine (C=N–C) groups is 1. The minimum atomic E-state index is -0.978. The Morgan fingerprint density at radius 2 is 1.50 bits per heavy atom. The minimum absolute atomic E-state index is 0.00676. The molecular weight excluding hydrogens is 775 g/mol. The van der Waals surface area contributed by atoms with E-state index in [1.165, 1.54) is 12.1 Å². The van der Waals surface area contributed by atoms with Crippen molar-refractivity contribution in [2.45, 2.75) is 38.8 Å². The van der Waals surface area contributed by atoms with Gasteiger partial charge in [0.15, 0.2) is 5.96 Å². The Kier molecular flexibility index (Phi) is 20.6. The number of aliphatic hydroxyl groups is 1. The molecular formula is C44H57N5O11. The first-order valence-electron chi connectivity index (χ1n) is 20.0. The Bertz CT molecular complexity index is 1960. The van der Waals surface area contributed by atoms with E-state index in [9.17, 15) is 24.6 Å². The number of fused-ring (bicyclic) bond motifs is 1. The maximum atomic E-state index is 11.8. The first kappa shape index (κ1) is 46.9. The number of hydrogen-bond acceptors (Lipinski definition) is 13. The van der Waals surface area contributed by atoms with Gasteiger partial charge in [0.25, 0.3) is 5.91 Å². The van der Waals surface area contributed by atoms with Crippen molar-refractivity contribution in [3.05, 3.63) is 90.0 Å². The molecule has 16 heteroatoms. The average Bonchev–Trinajstić information content (AvgIpc) is 3.24.